The lowest BCUT2D eigenvalue weighted by molar-refractivity contribution is -0.137. The van der Waals surface area contributed by atoms with Gasteiger partial charge in [-0.05, 0) is 62.8 Å². The molecule has 1 aliphatic rings. The number of nitrogens with one attached hydrogen (secondary N) is 1. The Balaban J connectivity index is 1.27. The smallest absolute Gasteiger partial charge is 0.326 e. The number of benzene rings is 2. The van der Waals surface area contributed by atoms with Crippen molar-refractivity contribution < 1.29 is 24.1 Å². The van der Waals surface area contributed by atoms with Crippen molar-refractivity contribution >= 4 is 50.9 Å². The largest absolute Gasteiger partial charge is 0.491 e. The molecular weight excluding hydrogens is 702 g/mol. The molecule has 3 aromatic heterocycles. The first-order valence-electron chi connectivity index (χ1n) is 16.9. The summed E-state index contributed by atoms with van der Waals surface area (Å²) >= 11 is 8.29. The van der Waals surface area contributed by atoms with Gasteiger partial charge in [-0.3, -0.25) is 0 Å². The molecule has 6 rings (SSSR count). The van der Waals surface area contributed by atoms with E-state index < -0.39 is 12.0 Å². The molecule has 52 heavy (non-hydrogen) atoms. The van der Waals surface area contributed by atoms with Crippen LogP contribution in [-0.4, -0.2) is 95.5 Å². The van der Waals surface area contributed by atoms with Gasteiger partial charge < -0.3 is 34.4 Å². The lowest BCUT2D eigenvalue weighted by atomic mass is 9.97. The highest BCUT2D eigenvalue weighted by molar-refractivity contribution is 7.19. The summed E-state index contributed by atoms with van der Waals surface area (Å²) in [6, 6.07) is 12.0. The van der Waals surface area contributed by atoms with E-state index in [0.29, 0.717) is 69.6 Å². The summed E-state index contributed by atoms with van der Waals surface area (Å²) < 4.78 is 17.7. The lowest BCUT2D eigenvalue weighted by Crippen LogP contribution is -2.37. The number of ether oxygens (including phenoxy) is 3. The molecule has 0 radical (unpaired) electrons. The molecule has 1 aliphatic heterocycles. The number of thiophene rings is 1. The van der Waals surface area contributed by atoms with Gasteiger partial charge in [0.1, 0.15) is 47.7 Å². The molecule has 1 fully saturated rings. The number of rotatable bonds is 14. The van der Waals surface area contributed by atoms with Gasteiger partial charge in [0.15, 0.2) is 0 Å². The van der Waals surface area contributed by atoms with E-state index in [1.54, 1.807) is 13.1 Å². The number of carboxylic acids is 1. The summed E-state index contributed by atoms with van der Waals surface area (Å²) in [6.07, 6.45) is 3.26. The van der Waals surface area contributed by atoms with Crippen LogP contribution in [0.2, 0.25) is 5.02 Å². The Morgan fingerprint density at radius 1 is 1.12 bits per heavy atom. The van der Waals surface area contributed by atoms with Crippen molar-refractivity contribution in [2.45, 2.75) is 32.9 Å². The monoisotopic (exact) mass is 741 g/mol. The zero-order valence-electron chi connectivity index (χ0n) is 29.5. The number of carboxylic acid groups (broad SMARTS) is 1. The fourth-order valence-electron chi connectivity index (χ4n) is 5.81. The minimum absolute atomic E-state index is 0.116. The first-order chi connectivity index (χ1) is 25.2. The number of para-hydroxylation sites is 1. The van der Waals surface area contributed by atoms with Crippen LogP contribution in [-0.2, 0) is 22.6 Å². The van der Waals surface area contributed by atoms with E-state index in [1.165, 1.54) is 17.7 Å². The average molecular weight is 742 g/mol. The van der Waals surface area contributed by atoms with Crippen molar-refractivity contribution in [1.82, 2.24) is 24.8 Å². The molecule has 1 atom stereocenters. The van der Waals surface area contributed by atoms with Crippen molar-refractivity contribution in [3.8, 4) is 34.5 Å². The van der Waals surface area contributed by atoms with Crippen LogP contribution in [0.4, 0.5) is 11.8 Å². The number of morpholine rings is 1. The Morgan fingerprint density at radius 3 is 2.69 bits per heavy atom. The summed E-state index contributed by atoms with van der Waals surface area (Å²) in [6.45, 7) is 7.84. The van der Waals surface area contributed by atoms with Gasteiger partial charge in [-0.15, -0.1) is 17.3 Å². The van der Waals surface area contributed by atoms with Crippen molar-refractivity contribution in [1.29, 1.82) is 0 Å². The zero-order chi connectivity index (χ0) is 36.6. The third kappa shape index (κ3) is 8.54. The maximum absolute atomic E-state index is 12.8. The highest BCUT2D eigenvalue weighted by Gasteiger charge is 2.26. The lowest BCUT2D eigenvalue weighted by Gasteiger charge is -2.26. The van der Waals surface area contributed by atoms with Crippen LogP contribution in [0.1, 0.15) is 28.6 Å². The average Bonchev–Trinajstić information content (AvgIpc) is 3.51. The molecule has 270 valence electrons. The predicted molar refractivity (Wildman–Crippen MR) is 204 cm³/mol. The third-order valence-corrected chi connectivity index (χ3v) is 10.0. The topological polar surface area (TPSA) is 135 Å². The summed E-state index contributed by atoms with van der Waals surface area (Å²) in [5.41, 5.74) is 3.84. The van der Waals surface area contributed by atoms with Crippen molar-refractivity contribution in [2.24, 2.45) is 0 Å². The first kappa shape index (κ1) is 36.8. The molecule has 0 amide bonds. The van der Waals surface area contributed by atoms with Crippen molar-refractivity contribution in [2.75, 3.05) is 63.8 Å². The summed E-state index contributed by atoms with van der Waals surface area (Å²) in [7, 11) is 3.96. The molecule has 2 N–H and O–H groups in total. The second kappa shape index (κ2) is 17.0. The van der Waals surface area contributed by atoms with E-state index in [1.807, 2.05) is 68.4 Å². The van der Waals surface area contributed by atoms with Crippen molar-refractivity contribution in [3.63, 3.8) is 0 Å². The number of hydrogen-bond donors (Lipinski definition) is 2. The van der Waals surface area contributed by atoms with Crippen LogP contribution in [0, 0.1) is 18.8 Å². The van der Waals surface area contributed by atoms with Gasteiger partial charge in [0.05, 0.1) is 34.2 Å². The molecule has 1 saturated heterocycles. The predicted octanol–water partition coefficient (Wildman–Crippen LogP) is 5.95. The molecule has 0 saturated carbocycles. The minimum atomic E-state index is -1.06. The maximum Gasteiger partial charge on any atom is 0.326 e. The minimum Gasteiger partial charge on any atom is -0.491 e. The zero-order valence-corrected chi connectivity index (χ0v) is 31.1. The number of anilines is 2. The maximum atomic E-state index is 12.8. The van der Waals surface area contributed by atoms with Gasteiger partial charge >= 0.3 is 5.97 Å². The van der Waals surface area contributed by atoms with Crippen LogP contribution in [0.25, 0.3) is 21.3 Å². The Bertz CT molecular complexity index is 2110. The quantitative estimate of drug-likeness (QED) is 0.130. The summed E-state index contributed by atoms with van der Waals surface area (Å²) in [5, 5.41) is 14.9. The van der Waals surface area contributed by atoms with E-state index in [-0.39, 0.29) is 13.0 Å². The summed E-state index contributed by atoms with van der Waals surface area (Å²) in [5.74, 6) is 7.34. The normalized spacial score (nSPS) is 13.5. The molecule has 4 heterocycles. The highest BCUT2D eigenvalue weighted by Crippen LogP contribution is 2.44. The number of nitrogens with zero attached hydrogens (tertiary/aromatic N) is 6. The van der Waals surface area contributed by atoms with Crippen LogP contribution < -0.4 is 19.7 Å². The van der Waals surface area contributed by atoms with Gasteiger partial charge in [0.2, 0.25) is 5.95 Å². The highest BCUT2D eigenvalue weighted by atomic mass is 35.5. The van der Waals surface area contributed by atoms with E-state index in [2.05, 4.69) is 42.0 Å². The third-order valence-electron chi connectivity index (χ3n) is 8.52. The number of halogens is 1. The van der Waals surface area contributed by atoms with E-state index in [9.17, 15) is 9.90 Å². The second-order valence-corrected chi connectivity index (χ2v) is 13.7. The Labute approximate surface area is 311 Å². The van der Waals surface area contributed by atoms with Gasteiger partial charge in [-0.2, -0.15) is 0 Å². The molecule has 5 aromatic rings. The van der Waals surface area contributed by atoms with E-state index in [0.717, 1.165) is 41.2 Å². The van der Waals surface area contributed by atoms with Gasteiger partial charge in [0.25, 0.3) is 0 Å². The standard InChI is InChI=1S/C38H40ClN7O5S/c1-5-8-31-32(27-11-12-30(34(39)24(27)2)50-20-15-45(3)4)33-35(41-23-42-36(33)52-31)44-28(37(47)48)21-25-9-6-7-10-29(25)51-22-26-13-14-40-38(43-26)46-16-18-49-19-17-46/h6-7,9-14,23,28H,15-22H2,1-4H3,(H,47,48)(H,41,42,44)/t28-/m1/s1. The van der Waals surface area contributed by atoms with Gasteiger partial charge in [-0.25, -0.2) is 24.7 Å². The fraction of sp³-hybridized carbons (Fsp3) is 0.342. The van der Waals surface area contributed by atoms with E-state index in [4.69, 9.17) is 25.8 Å². The number of aliphatic carboxylic acids is 1. The second-order valence-electron chi connectivity index (χ2n) is 12.4. The number of aromatic nitrogens is 4. The van der Waals surface area contributed by atoms with Crippen LogP contribution in [0.5, 0.6) is 11.5 Å². The summed E-state index contributed by atoms with van der Waals surface area (Å²) in [4.78, 5) is 36.6. The number of fused-ring (bicyclic) bond motifs is 1. The molecule has 0 aliphatic carbocycles. The molecule has 14 heteroatoms. The number of carbonyl (C=O) groups is 1. The Kier molecular flexibility index (Phi) is 12.0. The van der Waals surface area contributed by atoms with Crippen LogP contribution in [0.3, 0.4) is 0 Å². The number of likely N-dealkylation sites (N-methyl/N-ethyl adjacent to an activating group) is 1. The van der Waals surface area contributed by atoms with E-state index >= 15 is 0 Å². The van der Waals surface area contributed by atoms with Crippen LogP contribution in [0.15, 0.2) is 55.0 Å². The van der Waals surface area contributed by atoms with Gasteiger partial charge in [0, 0.05) is 37.8 Å². The molecule has 0 unspecified atom stereocenters. The fourth-order valence-corrected chi connectivity index (χ4v) is 7.09. The SMILES string of the molecule is CC#Cc1sc2ncnc(N[C@H](Cc3ccccc3OCc3ccnc(N4CCOCC4)n3)C(=O)O)c2c1-c1ccc(OCCN(C)C)c(Cl)c1C. The van der Waals surface area contributed by atoms with Crippen molar-refractivity contribution in [3.05, 3.63) is 81.7 Å². The van der Waals surface area contributed by atoms with Crippen LogP contribution >= 0.6 is 22.9 Å². The Hall–Kier alpha value is -5.00. The first-order valence-corrected chi connectivity index (χ1v) is 18.0. The van der Waals surface area contributed by atoms with Gasteiger partial charge in [-0.1, -0.05) is 41.8 Å². The molecule has 0 bridgehead atoms. The number of hydrogen-bond acceptors (Lipinski definition) is 12. The molecule has 2 aromatic carbocycles. The molecule has 0 spiro atoms. The molecule has 12 nitrogen and oxygen atoms in total. The Morgan fingerprint density at radius 2 is 1.92 bits per heavy atom. The molecular formula is C38H40ClN7O5S.